The molecule has 1 unspecified atom stereocenters. The first kappa shape index (κ1) is 11.3. The molecule has 0 aromatic heterocycles. The summed E-state index contributed by atoms with van der Waals surface area (Å²) >= 11 is 3.37. The van der Waals surface area contributed by atoms with Crippen LogP contribution in [-0.2, 0) is 9.53 Å². The Hall–Kier alpha value is -1.16. The maximum atomic E-state index is 11.7. The highest BCUT2D eigenvalue weighted by molar-refractivity contribution is 9.10. The van der Waals surface area contributed by atoms with E-state index in [1.165, 1.54) is 0 Å². The summed E-state index contributed by atoms with van der Waals surface area (Å²) in [5.41, 5.74) is 1.40. The molecule has 84 valence electrons. The van der Waals surface area contributed by atoms with Gasteiger partial charge in [0.1, 0.15) is 0 Å². The summed E-state index contributed by atoms with van der Waals surface area (Å²) in [5, 5.41) is 0. The molecule has 0 amide bonds. The van der Waals surface area contributed by atoms with Gasteiger partial charge in [0.05, 0.1) is 12.5 Å². The van der Waals surface area contributed by atoms with E-state index in [0.29, 0.717) is 12.2 Å². The van der Waals surface area contributed by atoms with Crippen molar-refractivity contribution in [3.63, 3.8) is 0 Å². The van der Waals surface area contributed by atoms with Crippen molar-refractivity contribution in [1.82, 2.24) is 0 Å². The molecule has 16 heavy (non-hydrogen) atoms. The van der Waals surface area contributed by atoms with Crippen molar-refractivity contribution in [2.24, 2.45) is 0 Å². The average molecular weight is 283 g/mol. The van der Waals surface area contributed by atoms with Gasteiger partial charge in [-0.15, -0.1) is 0 Å². The quantitative estimate of drug-likeness (QED) is 0.784. The van der Waals surface area contributed by atoms with Crippen molar-refractivity contribution in [3.05, 3.63) is 33.8 Å². The third-order valence-corrected chi connectivity index (χ3v) is 3.35. The number of ketones is 1. The molecule has 3 nitrogen and oxygen atoms in total. The topological polar surface area (TPSA) is 43.4 Å². The van der Waals surface area contributed by atoms with Crippen molar-refractivity contribution in [3.8, 4) is 0 Å². The Morgan fingerprint density at radius 1 is 1.56 bits per heavy atom. The second-order valence-electron chi connectivity index (χ2n) is 3.63. The summed E-state index contributed by atoms with van der Waals surface area (Å²) in [6.07, 6.45) is 0.219. The van der Waals surface area contributed by atoms with E-state index in [-0.39, 0.29) is 18.2 Å². The third kappa shape index (κ3) is 1.78. The van der Waals surface area contributed by atoms with Crippen molar-refractivity contribution in [1.29, 1.82) is 0 Å². The van der Waals surface area contributed by atoms with E-state index >= 15 is 0 Å². The number of ether oxygens (including phenoxy) is 1. The molecule has 1 aromatic rings. The Morgan fingerprint density at radius 3 is 3.00 bits per heavy atom. The van der Waals surface area contributed by atoms with Crippen LogP contribution in [0.5, 0.6) is 0 Å². The summed E-state index contributed by atoms with van der Waals surface area (Å²) in [4.78, 5) is 23.4. The second-order valence-corrected chi connectivity index (χ2v) is 4.49. The van der Waals surface area contributed by atoms with Gasteiger partial charge in [0.25, 0.3) is 0 Å². The van der Waals surface area contributed by atoms with E-state index in [2.05, 4.69) is 15.9 Å². The molecule has 0 radical (unpaired) electrons. The lowest BCUT2D eigenvalue weighted by Gasteiger charge is -2.10. The Labute approximate surface area is 102 Å². The first-order valence-electron chi connectivity index (χ1n) is 5.13. The van der Waals surface area contributed by atoms with Gasteiger partial charge in [-0.05, 0) is 18.6 Å². The molecule has 0 bridgehead atoms. The normalized spacial score (nSPS) is 18.4. The molecule has 0 saturated carbocycles. The van der Waals surface area contributed by atoms with Gasteiger partial charge in [0.2, 0.25) is 0 Å². The fourth-order valence-corrected chi connectivity index (χ4v) is 2.62. The number of rotatable bonds is 2. The van der Waals surface area contributed by atoms with Gasteiger partial charge in [-0.2, -0.15) is 0 Å². The Balaban J connectivity index is 2.42. The molecular formula is C12H11BrO3. The molecule has 0 aliphatic heterocycles. The van der Waals surface area contributed by atoms with Crippen molar-refractivity contribution < 1.29 is 14.3 Å². The maximum absolute atomic E-state index is 11.7. The van der Waals surface area contributed by atoms with E-state index in [4.69, 9.17) is 4.74 Å². The Kier molecular flexibility index (Phi) is 3.10. The molecule has 1 aromatic carbocycles. The average Bonchev–Trinajstić information content (AvgIpc) is 2.58. The number of esters is 1. The number of Topliss-reactive ketones (excluding diaryl/α,β-unsaturated/α-hetero) is 1. The van der Waals surface area contributed by atoms with Crippen LogP contribution in [0.2, 0.25) is 0 Å². The zero-order valence-corrected chi connectivity index (χ0v) is 10.4. The molecule has 0 fully saturated rings. The van der Waals surface area contributed by atoms with Crippen molar-refractivity contribution >= 4 is 27.7 Å². The van der Waals surface area contributed by atoms with Crippen LogP contribution in [-0.4, -0.2) is 18.4 Å². The second kappa shape index (κ2) is 4.37. The zero-order chi connectivity index (χ0) is 11.7. The minimum atomic E-state index is -0.446. The Morgan fingerprint density at radius 2 is 2.31 bits per heavy atom. The van der Waals surface area contributed by atoms with E-state index in [9.17, 15) is 9.59 Å². The number of hydrogen-bond acceptors (Lipinski definition) is 3. The monoisotopic (exact) mass is 282 g/mol. The molecule has 4 heteroatoms. The van der Waals surface area contributed by atoms with Gasteiger partial charge in [0, 0.05) is 16.5 Å². The van der Waals surface area contributed by atoms with Crippen molar-refractivity contribution in [2.45, 2.75) is 19.3 Å². The smallest absolute Gasteiger partial charge is 0.313 e. The first-order chi connectivity index (χ1) is 7.65. The van der Waals surface area contributed by atoms with Crippen LogP contribution in [0.25, 0.3) is 0 Å². The van der Waals surface area contributed by atoms with E-state index in [1.807, 2.05) is 6.07 Å². The molecule has 1 aliphatic carbocycles. The van der Waals surface area contributed by atoms with Crippen LogP contribution in [0, 0.1) is 0 Å². The van der Waals surface area contributed by atoms with Crippen LogP contribution in [0.4, 0.5) is 0 Å². The summed E-state index contributed by atoms with van der Waals surface area (Å²) in [6, 6.07) is 5.39. The zero-order valence-electron chi connectivity index (χ0n) is 8.83. The van der Waals surface area contributed by atoms with Crippen LogP contribution < -0.4 is 0 Å². The lowest BCUT2D eigenvalue weighted by Crippen LogP contribution is -2.14. The number of carbonyl (C=O) groups is 2. The molecule has 1 atom stereocenters. The summed E-state index contributed by atoms with van der Waals surface area (Å²) in [6.45, 7) is 2.10. The van der Waals surface area contributed by atoms with Gasteiger partial charge in [0.15, 0.2) is 5.78 Å². The van der Waals surface area contributed by atoms with E-state index in [0.717, 1.165) is 10.0 Å². The summed E-state index contributed by atoms with van der Waals surface area (Å²) in [7, 11) is 0. The van der Waals surface area contributed by atoms with Gasteiger partial charge >= 0.3 is 5.97 Å². The molecular weight excluding hydrogens is 272 g/mol. The molecule has 0 saturated heterocycles. The van der Waals surface area contributed by atoms with Gasteiger partial charge < -0.3 is 4.74 Å². The number of carbonyl (C=O) groups excluding carboxylic acids is 2. The standard InChI is InChI=1S/C12H11BrO3/c1-2-16-12(15)8-6-10(14)7-4-3-5-9(13)11(7)8/h3-5,8H,2,6H2,1H3. The predicted molar refractivity (Wildman–Crippen MR) is 62.5 cm³/mol. The lowest BCUT2D eigenvalue weighted by atomic mass is 10.0. The number of halogens is 1. The number of benzene rings is 1. The Bertz CT molecular complexity index is 454. The van der Waals surface area contributed by atoms with Crippen molar-refractivity contribution in [2.75, 3.05) is 6.61 Å². The van der Waals surface area contributed by atoms with Gasteiger partial charge in [-0.25, -0.2) is 0 Å². The largest absolute Gasteiger partial charge is 0.466 e. The van der Waals surface area contributed by atoms with Crippen LogP contribution in [0.1, 0.15) is 35.2 Å². The van der Waals surface area contributed by atoms with E-state index in [1.54, 1.807) is 19.1 Å². The van der Waals surface area contributed by atoms with Crippen LogP contribution in [0.15, 0.2) is 22.7 Å². The number of hydrogen-bond donors (Lipinski definition) is 0. The third-order valence-electron chi connectivity index (χ3n) is 2.66. The van der Waals surface area contributed by atoms with Gasteiger partial charge in [-0.3, -0.25) is 9.59 Å². The lowest BCUT2D eigenvalue weighted by molar-refractivity contribution is -0.144. The molecule has 1 aliphatic rings. The minimum Gasteiger partial charge on any atom is -0.466 e. The molecule has 0 spiro atoms. The maximum Gasteiger partial charge on any atom is 0.313 e. The van der Waals surface area contributed by atoms with Crippen LogP contribution in [0.3, 0.4) is 0 Å². The number of fused-ring (bicyclic) bond motifs is 1. The highest BCUT2D eigenvalue weighted by Gasteiger charge is 2.36. The van der Waals surface area contributed by atoms with Gasteiger partial charge in [-0.1, -0.05) is 28.1 Å². The molecule has 0 heterocycles. The molecule has 2 rings (SSSR count). The van der Waals surface area contributed by atoms with E-state index < -0.39 is 5.92 Å². The first-order valence-corrected chi connectivity index (χ1v) is 5.92. The summed E-state index contributed by atoms with van der Waals surface area (Å²) in [5.74, 6) is -0.756. The predicted octanol–water partition coefficient (Wildman–Crippen LogP) is 2.68. The summed E-state index contributed by atoms with van der Waals surface area (Å²) < 4.78 is 5.77. The molecule has 0 N–H and O–H groups in total. The highest BCUT2D eigenvalue weighted by atomic mass is 79.9. The highest BCUT2D eigenvalue weighted by Crippen LogP contribution is 2.38. The SMILES string of the molecule is CCOC(=O)C1CC(=O)c2cccc(Br)c21. The fourth-order valence-electron chi connectivity index (χ4n) is 1.98. The minimum absolute atomic E-state index is 0.00866. The van der Waals surface area contributed by atoms with Crippen LogP contribution >= 0.6 is 15.9 Å². The fraction of sp³-hybridized carbons (Fsp3) is 0.333.